The third-order valence-electron chi connectivity index (χ3n) is 1.87. The molecule has 0 aromatic carbocycles. The number of carbonyl (C=O) groups is 1. The number of Topliss-reactive ketones (excluding diaryl/α,β-unsaturated/α-hetero) is 1. The Hall–Kier alpha value is -1.25. The lowest BCUT2D eigenvalue weighted by Crippen LogP contribution is -2.16. The summed E-state index contributed by atoms with van der Waals surface area (Å²) >= 11 is 0. The maximum atomic E-state index is 10.9. The molecule has 3 heteroatoms. The molecule has 1 rings (SSSR count). The van der Waals surface area contributed by atoms with Crippen LogP contribution in [0.5, 0.6) is 0 Å². The van der Waals surface area contributed by atoms with Crippen LogP contribution in [-0.4, -0.2) is 19.4 Å². The molecule has 0 fully saturated rings. The van der Waals surface area contributed by atoms with Gasteiger partial charge in [-0.3, -0.25) is 4.79 Å². The molecule has 1 aromatic heterocycles. The van der Waals surface area contributed by atoms with Crippen molar-refractivity contribution in [2.24, 2.45) is 0 Å². The lowest BCUT2D eigenvalue weighted by atomic mass is 10.3. The van der Waals surface area contributed by atoms with Crippen molar-refractivity contribution >= 4 is 11.7 Å². The van der Waals surface area contributed by atoms with Gasteiger partial charge in [-0.15, -0.1) is 0 Å². The van der Waals surface area contributed by atoms with E-state index in [-0.39, 0.29) is 5.78 Å². The second-order valence-corrected chi connectivity index (χ2v) is 3.12. The van der Waals surface area contributed by atoms with E-state index in [1.165, 1.54) is 6.92 Å². The Morgan fingerprint density at radius 1 is 1.54 bits per heavy atom. The van der Waals surface area contributed by atoms with Crippen molar-refractivity contribution in [1.29, 1.82) is 0 Å². The van der Waals surface area contributed by atoms with Crippen molar-refractivity contribution < 1.29 is 9.21 Å². The van der Waals surface area contributed by atoms with Gasteiger partial charge in [0.15, 0.2) is 17.4 Å². The van der Waals surface area contributed by atoms with Crippen LogP contribution < -0.4 is 4.90 Å². The summed E-state index contributed by atoms with van der Waals surface area (Å²) in [6, 6.07) is 3.54. The molecule has 0 aliphatic carbocycles. The van der Waals surface area contributed by atoms with Crippen LogP contribution in [-0.2, 0) is 0 Å². The van der Waals surface area contributed by atoms with Crippen LogP contribution >= 0.6 is 0 Å². The van der Waals surface area contributed by atoms with Crippen LogP contribution in [0.25, 0.3) is 0 Å². The van der Waals surface area contributed by atoms with Gasteiger partial charge in [-0.2, -0.15) is 0 Å². The van der Waals surface area contributed by atoms with E-state index < -0.39 is 0 Å². The molecule has 0 amide bonds. The molecular weight excluding hydrogens is 166 g/mol. The third-order valence-corrected chi connectivity index (χ3v) is 1.87. The number of ketones is 1. The Morgan fingerprint density at radius 3 is 2.69 bits per heavy atom. The first-order chi connectivity index (χ1) is 6.15. The molecule has 0 spiro atoms. The van der Waals surface area contributed by atoms with Crippen molar-refractivity contribution in [3.63, 3.8) is 0 Å². The fraction of sp³-hybridized carbons (Fsp3) is 0.500. The number of hydrogen-bond donors (Lipinski definition) is 0. The highest BCUT2D eigenvalue weighted by molar-refractivity contribution is 5.91. The molecule has 0 atom stereocenters. The molecule has 0 unspecified atom stereocenters. The summed E-state index contributed by atoms with van der Waals surface area (Å²) in [6.07, 6.45) is 1.06. The van der Waals surface area contributed by atoms with E-state index in [2.05, 4.69) is 6.92 Å². The van der Waals surface area contributed by atoms with Crippen molar-refractivity contribution in [2.75, 3.05) is 18.5 Å². The minimum Gasteiger partial charge on any atom is -0.437 e. The van der Waals surface area contributed by atoms with E-state index in [9.17, 15) is 4.79 Å². The van der Waals surface area contributed by atoms with Crippen LogP contribution in [0, 0.1) is 0 Å². The molecule has 1 heterocycles. The fourth-order valence-electron chi connectivity index (χ4n) is 1.17. The normalized spacial score (nSPS) is 10.1. The molecule has 0 aliphatic heterocycles. The Balaban J connectivity index is 2.73. The van der Waals surface area contributed by atoms with Gasteiger partial charge >= 0.3 is 0 Å². The summed E-state index contributed by atoms with van der Waals surface area (Å²) in [4.78, 5) is 12.9. The summed E-state index contributed by atoms with van der Waals surface area (Å²) in [5.74, 6) is 1.15. The quantitative estimate of drug-likeness (QED) is 0.668. The molecular formula is C10H15NO2. The Kier molecular flexibility index (Phi) is 3.12. The minimum atomic E-state index is -0.0313. The van der Waals surface area contributed by atoms with Crippen LogP contribution in [0.15, 0.2) is 16.5 Å². The molecule has 1 aromatic rings. The Labute approximate surface area is 78.3 Å². The van der Waals surface area contributed by atoms with Gasteiger partial charge in [-0.25, -0.2) is 0 Å². The SMILES string of the molecule is CCCN(C)c1ccc(C(C)=O)o1. The minimum absolute atomic E-state index is 0.0313. The van der Waals surface area contributed by atoms with Crippen LogP contribution in [0.4, 0.5) is 5.88 Å². The molecule has 13 heavy (non-hydrogen) atoms. The van der Waals surface area contributed by atoms with Gasteiger partial charge in [-0.05, 0) is 12.5 Å². The summed E-state index contributed by atoms with van der Waals surface area (Å²) in [5.41, 5.74) is 0. The largest absolute Gasteiger partial charge is 0.437 e. The smallest absolute Gasteiger partial charge is 0.196 e. The number of anilines is 1. The molecule has 0 aliphatic rings. The first-order valence-electron chi connectivity index (χ1n) is 4.47. The summed E-state index contributed by atoms with van der Waals surface area (Å²) < 4.78 is 5.34. The highest BCUT2D eigenvalue weighted by Gasteiger charge is 2.08. The maximum Gasteiger partial charge on any atom is 0.196 e. The maximum absolute atomic E-state index is 10.9. The van der Waals surface area contributed by atoms with Crippen LogP contribution in [0.2, 0.25) is 0 Å². The summed E-state index contributed by atoms with van der Waals surface area (Å²) in [7, 11) is 1.95. The fourth-order valence-corrected chi connectivity index (χ4v) is 1.17. The summed E-state index contributed by atoms with van der Waals surface area (Å²) in [5, 5.41) is 0. The zero-order valence-corrected chi connectivity index (χ0v) is 8.33. The van der Waals surface area contributed by atoms with Gasteiger partial charge in [-0.1, -0.05) is 6.92 Å². The molecule has 3 nitrogen and oxygen atoms in total. The van der Waals surface area contributed by atoms with Crippen molar-refractivity contribution in [2.45, 2.75) is 20.3 Å². The van der Waals surface area contributed by atoms with E-state index >= 15 is 0 Å². The third kappa shape index (κ3) is 2.34. The number of hydrogen-bond acceptors (Lipinski definition) is 3. The summed E-state index contributed by atoms with van der Waals surface area (Å²) in [6.45, 7) is 4.54. The number of carbonyl (C=O) groups excluding carboxylic acids is 1. The average Bonchev–Trinajstić information content (AvgIpc) is 2.52. The standard InChI is InChI=1S/C10H15NO2/c1-4-7-11(3)10-6-5-9(13-10)8(2)12/h5-6H,4,7H2,1-3H3. The van der Waals surface area contributed by atoms with E-state index in [1.54, 1.807) is 6.07 Å². The monoisotopic (exact) mass is 181 g/mol. The molecule has 0 radical (unpaired) electrons. The second-order valence-electron chi connectivity index (χ2n) is 3.12. The molecule has 0 saturated carbocycles. The molecule has 0 saturated heterocycles. The first-order valence-corrected chi connectivity index (χ1v) is 4.47. The van der Waals surface area contributed by atoms with Gasteiger partial charge in [0.05, 0.1) is 0 Å². The van der Waals surface area contributed by atoms with Crippen molar-refractivity contribution in [3.05, 3.63) is 17.9 Å². The predicted molar refractivity (Wildman–Crippen MR) is 52.3 cm³/mol. The number of furan rings is 1. The molecule has 72 valence electrons. The second kappa shape index (κ2) is 4.12. The number of nitrogens with zero attached hydrogens (tertiary/aromatic N) is 1. The highest BCUT2D eigenvalue weighted by atomic mass is 16.4. The van der Waals surface area contributed by atoms with Gasteiger partial charge in [0.2, 0.25) is 0 Å². The van der Waals surface area contributed by atoms with Crippen LogP contribution in [0.3, 0.4) is 0 Å². The van der Waals surface area contributed by atoms with E-state index in [0.717, 1.165) is 18.8 Å². The first kappa shape index (κ1) is 9.84. The lowest BCUT2D eigenvalue weighted by molar-refractivity contribution is 0.0988. The zero-order valence-electron chi connectivity index (χ0n) is 8.33. The van der Waals surface area contributed by atoms with Crippen molar-refractivity contribution in [3.8, 4) is 0 Å². The predicted octanol–water partition coefficient (Wildman–Crippen LogP) is 2.33. The number of rotatable bonds is 4. The van der Waals surface area contributed by atoms with E-state index in [4.69, 9.17) is 4.42 Å². The van der Waals surface area contributed by atoms with E-state index in [1.807, 2.05) is 18.0 Å². The van der Waals surface area contributed by atoms with Gasteiger partial charge in [0.1, 0.15) is 0 Å². The molecule has 0 bridgehead atoms. The van der Waals surface area contributed by atoms with Gasteiger partial charge < -0.3 is 9.32 Å². The van der Waals surface area contributed by atoms with E-state index in [0.29, 0.717) is 5.76 Å². The lowest BCUT2D eigenvalue weighted by Gasteiger charge is -2.13. The van der Waals surface area contributed by atoms with Crippen molar-refractivity contribution in [1.82, 2.24) is 0 Å². The van der Waals surface area contributed by atoms with Gasteiger partial charge in [0, 0.05) is 26.6 Å². The van der Waals surface area contributed by atoms with Gasteiger partial charge in [0.25, 0.3) is 0 Å². The Morgan fingerprint density at radius 2 is 2.23 bits per heavy atom. The van der Waals surface area contributed by atoms with Crippen LogP contribution in [0.1, 0.15) is 30.8 Å². The average molecular weight is 181 g/mol. The highest BCUT2D eigenvalue weighted by Crippen LogP contribution is 2.17. The zero-order chi connectivity index (χ0) is 9.84. The topological polar surface area (TPSA) is 33.5 Å². The Bertz CT molecular complexity index is 291. The molecule has 0 N–H and O–H groups in total.